The van der Waals surface area contributed by atoms with Crippen molar-refractivity contribution in [3.8, 4) is 11.4 Å². The maximum Gasteiger partial charge on any atom is 2.00 e. The number of pyridine rings is 2. The van der Waals surface area contributed by atoms with Gasteiger partial charge in [0.1, 0.15) is 0 Å². The molecule has 2 heterocycles. The maximum absolute atomic E-state index is 11.5. The van der Waals surface area contributed by atoms with Crippen LogP contribution in [0.5, 0.6) is 0 Å². The fraction of sp³-hybridized carbons (Fsp3) is 0. The summed E-state index contributed by atoms with van der Waals surface area (Å²) in [5.74, 6) is -2.68. The third kappa shape index (κ3) is 7.35. The molecular weight excluding hydrogens is 588 g/mol. The number of carbonyl (C=O) groups is 2. The van der Waals surface area contributed by atoms with E-state index in [1.54, 1.807) is 48.5 Å². The molecule has 0 amide bonds. The van der Waals surface area contributed by atoms with Gasteiger partial charge in [-0.15, -0.1) is 0 Å². The van der Waals surface area contributed by atoms with Crippen molar-refractivity contribution in [2.45, 2.75) is 0 Å². The molecule has 0 fully saturated rings. The standard InChI is InChI=1S/C20H12N2O4.2ClH.2K.Pd/c23-19(24)13-9-17(21-15-7-3-1-5-11(13)15)18-10-14(20(25)26)12-6-2-4-8-16(12)22-18;;;;;/h1-10H,(H,23,24)(H,25,26);2*1H;;;/q;;;2*+1;+2/p-4. The Hall–Kier alpha value is 0.715. The van der Waals surface area contributed by atoms with E-state index in [0.29, 0.717) is 21.8 Å². The third-order valence-electron chi connectivity index (χ3n) is 4.13. The van der Waals surface area contributed by atoms with E-state index in [0.717, 1.165) is 0 Å². The molecule has 0 saturated carbocycles. The average molecular weight is 598 g/mol. The Kier molecular flexibility index (Phi) is 16.2. The average Bonchev–Trinajstić information content (AvgIpc) is 2.66. The van der Waals surface area contributed by atoms with Gasteiger partial charge in [0.25, 0.3) is 0 Å². The van der Waals surface area contributed by atoms with Crippen LogP contribution in [0.3, 0.4) is 0 Å². The number of hydrogen-bond donors (Lipinski definition) is 0. The van der Waals surface area contributed by atoms with Crippen LogP contribution in [-0.2, 0) is 20.4 Å². The SMILES string of the molecule is O=C([O-])c1cc(-c2cc(C(=O)[O-])c3ccccc3n2)nc2ccccc12.[Cl-].[Cl-].[K+].[K+].[Pd+2]. The molecule has 11 heteroatoms. The van der Waals surface area contributed by atoms with Crippen molar-refractivity contribution >= 4 is 33.7 Å². The quantitative estimate of drug-likeness (QED) is 0.217. The van der Waals surface area contributed by atoms with Crippen molar-refractivity contribution in [3.63, 3.8) is 0 Å². The smallest absolute Gasteiger partial charge is 1.00 e. The van der Waals surface area contributed by atoms with Crippen LogP contribution in [0.15, 0.2) is 60.7 Å². The minimum atomic E-state index is -1.34. The molecule has 0 aliphatic rings. The number of carboxylic acid groups (broad SMARTS) is 2. The van der Waals surface area contributed by atoms with Gasteiger partial charge in [-0.1, -0.05) is 36.4 Å². The number of carboxylic acids is 2. The number of nitrogens with zero attached hydrogens (tertiary/aromatic N) is 2. The topological polar surface area (TPSA) is 106 Å². The number of hydrogen-bond acceptors (Lipinski definition) is 6. The zero-order chi connectivity index (χ0) is 18.3. The number of carbonyl (C=O) groups excluding carboxylic acids is 2. The summed E-state index contributed by atoms with van der Waals surface area (Å²) in [4.78, 5) is 31.9. The van der Waals surface area contributed by atoms with Gasteiger partial charge in [0.05, 0.1) is 34.4 Å². The van der Waals surface area contributed by atoms with Crippen molar-refractivity contribution in [1.82, 2.24) is 9.97 Å². The van der Waals surface area contributed by atoms with E-state index >= 15 is 0 Å². The number of para-hydroxylation sites is 2. The molecule has 2 aromatic carbocycles. The largest absolute Gasteiger partial charge is 2.00 e. The fourth-order valence-electron chi connectivity index (χ4n) is 2.95. The van der Waals surface area contributed by atoms with E-state index in [2.05, 4.69) is 9.97 Å². The van der Waals surface area contributed by atoms with Crippen molar-refractivity contribution in [2.24, 2.45) is 0 Å². The second-order valence-electron chi connectivity index (χ2n) is 5.72. The first-order chi connectivity index (χ1) is 12.5. The van der Waals surface area contributed by atoms with E-state index < -0.39 is 11.9 Å². The second kappa shape index (κ2) is 14.9. The van der Waals surface area contributed by atoms with Gasteiger partial charge >= 0.3 is 123 Å². The molecule has 0 atom stereocenters. The summed E-state index contributed by atoms with van der Waals surface area (Å²) in [6.07, 6.45) is 0. The van der Waals surface area contributed by atoms with Crippen LogP contribution in [-0.4, -0.2) is 21.9 Å². The van der Waals surface area contributed by atoms with E-state index in [9.17, 15) is 19.8 Å². The summed E-state index contributed by atoms with van der Waals surface area (Å²) >= 11 is 0. The number of aromatic carboxylic acids is 2. The van der Waals surface area contributed by atoms with Gasteiger partial charge < -0.3 is 44.6 Å². The zero-order valence-electron chi connectivity index (χ0n) is 16.4. The van der Waals surface area contributed by atoms with Crippen molar-refractivity contribution in [1.29, 1.82) is 0 Å². The van der Waals surface area contributed by atoms with Gasteiger partial charge in [-0.25, -0.2) is 9.97 Å². The van der Waals surface area contributed by atoms with Gasteiger partial charge in [0.15, 0.2) is 0 Å². The van der Waals surface area contributed by atoms with Crippen LogP contribution in [0.4, 0.5) is 0 Å². The summed E-state index contributed by atoms with van der Waals surface area (Å²) in [7, 11) is 0. The Morgan fingerprint density at radius 1 is 0.645 bits per heavy atom. The maximum atomic E-state index is 11.5. The molecule has 4 rings (SSSR count). The minimum Gasteiger partial charge on any atom is -1.00 e. The molecule has 2 aromatic heterocycles. The van der Waals surface area contributed by atoms with Crippen LogP contribution >= 0.6 is 0 Å². The minimum absolute atomic E-state index is 0. The van der Waals surface area contributed by atoms with Gasteiger partial charge in [0, 0.05) is 21.9 Å². The first-order valence-electron chi connectivity index (χ1n) is 7.77. The summed E-state index contributed by atoms with van der Waals surface area (Å²) in [6, 6.07) is 16.2. The van der Waals surface area contributed by atoms with E-state index in [1.807, 2.05) is 0 Å². The van der Waals surface area contributed by atoms with Crippen molar-refractivity contribution < 1.29 is 168 Å². The fourth-order valence-corrected chi connectivity index (χ4v) is 2.95. The van der Waals surface area contributed by atoms with Crippen LogP contribution in [0.1, 0.15) is 20.7 Å². The molecule has 4 aromatic rings. The molecule has 6 nitrogen and oxygen atoms in total. The summed E-state index contributed by atoms with van der Waals surface area (Å²) in [5.41, 5.74) is 1.33. The molecule has 31 heavy (non-hydrogen) atoms. The van der Waals surface area contributed by atoms with Gasteiger partial charge in [0.2, 0.25) is 0 Å². The molecular formula is C20H10Cl2K2N2O4Pd. The predicted octanol–water partition coefficient (Wildman–Crippen LogP) is -10.8. The van der Waals surface area contributed by atoms with Gasteiger partial charge in [-0.2, -0.15) is 0 Å². The summed E-state index contributed by atoms with van der Waals surface area (Å²) < 4.78 is 0. The number of fused-ring (bicyclic) bond motifs is 2. The van der Waals surface area contributed by atoms with Gasteiger partial charge in [-0.05, 0) is 24.3 Å². The van der Waals surface area contributed by atoms with Crippen molar-refractivity contribution in [3.05, 3.63) is 71.8 Å². The monoisotopic (exact) mass is 596 g/mol. The van der Waals surface area contributed by atoms with Crippen LogP contribution in [0.25, 0.3) is 33.2 Å². The molecule has 0 bridgehead atoms. The molecule has 0 aliphatic heterocycles. The first-order valence-corrected chi connectivity index (χ1v) is 7.77. The Morgan fingerprint density at radius 3 is 1.29 bits per heavy atom. The van der Waals surface area contributed by atoms with Gasteiger partial charge in [-0.3, -0.25) is 0 Å². The van der Waals surface area contributed by atoms with E-state index in [-0.39, 0.29) is 171 Å². The Balaban J connectivity index is 0. The van der Waals surface area contributed by atoms with Crippen LogP contribution in [0, 0.1) is 0 Å². The summed E-state index contributed by atoms with van der Waals surface area (Å²) in [6.45, 7) is 0. The van der Waals surface area contributed by atoms with Crippen LogP contribution in [0.2, 0.25) is 0 Å². The Labute approximate surface area is 289 Å². The molecule has 0 saturated heterocycles. The molecule has 0 N–H and O–H groups in total. The Morgan fingerprint density at radius 2 is 0.968 bits per heavy atom. The Bertz CT molecular complexity index is 1130. The number of halogens is 2. The van der Waals surface area contributed by atoms with Crippen LogP contribution < -0.4 is 138 Å². The van der Waals surface area contributed by atoms with E-state index in [4.69, 9.17) is 0 Å². The van der Waals surface area contributed by atoms with E-state index in [1.165, 1.54) is 12.1 Å². The normalized spacial score (nSPS) is 9.16. The molecule has 0 spiro atoms. The molecule has 0 aliphatic carbocycles. The number of rotatable bonds is 3. The summed E-state index contributed by atoms with van der Waals surface area (Å²) in [5, 5.41) is 23.9. The molecule has 0 unspecified atom stereocenters. The zero-order valence-corrected chi connectivity index (χ0v) is 25.7. The molecule has 0 radical (unpaired) electrons. The number of benzene rings is 2. The molecule has 150 valence electrons. The predicted molar refractivity (Wildman–Crippen MR) is 91.1 cm³/mol. The third-order valence-corrected chi connectivity index (χ3v) is 4.13. The second-order valence-corrected chi connectivity index (χ2v) is 5.72. The van der Waals surface area contributed by atoms with Crippen molar-refractivity contribution in [2.75, 3.05) is 0 Å². The first kappa shape index (κ1) is 33.9. The number of aromatic nitrogens is 2.